The number of rotatable bonds is 1. The number of oxime groups is 1. The molecule has 88 valence electrons. The van der Waals surface area contributed by atoms with E-state index in [1.165, 1.54) is 0 Å². The maximum absolute atomic E-state index is 8.68. The molecule has 3 aromatic rings. The van der Waals surface area contributed by atoms with Crippen molar-refractivity contribution in [3.8, 4) is 0 Å². The third-order valence-corrected chi connectivity index (χ3v) is 2.80. The number of pyridine rings is 2. The van der Waals surface area contributed by atoms with Crippen molar-refractivity contribution in [2.45, 2.75) is 0 Å². The molecule has 3 rings (SSSR count). The summed E-state index contributed by atoms with van der Waals surface area (Å²) in [7, 11) is 0. The molecule has 0 saturated heterocycles. The molecule has 0 atom stereocenters. The summed E-state index contributed by atoms with van der Waals surface area (Å²) in [6, 6.07) is 11.4. The fourth-order valence-electron chi connectivity index (χ4n) is 1.92. The molecule has 0 fully saturated rings. The molecule has 2 aromatic heterocycles. The lowest BCUT2D eigenvalue weighted by Gasteiger charge is -2.04. The average Bonchev–Trinajstić information content (AvgIpc) is 2.45. The molecule has 5 nitrogen and oxygen atoms in total. The van der Waals surface area contributed by atoms with Crippen molar-refractivity contribution in [2.24, 2.45) is 10.9 Å². The Morgan fingerprint density at radius 3 is 2.56 bits per heavy atom. The van der Waals surface area contributed by atoms with Gasteiger partial charge in [-0.05, 0) is 12.1 Å². The van der Waals surface area contributed by atoms with E-state index in [2.05, 4.69) is 15.1 Å². The first-order valence-corrected chi connectivity index (χ1v) is 5.42. The Hall–Kier alpha value is -2.69. The van der Waals surface area contributed by atoms with Gasteiger partial charge in [0.15, 0.2) is 5.84 Å². The molecule has 0 amide bonds. The molecule has 0 saturated carbocycles. The molecule has 1 aromatic carbocycles. The topological polar surface area (TPSA) is 84.4 Å². The Balaban J connectivity index is 2.40. The van der Waals surface area contributed by atoms with Crippen LogP contribution in [0, 0.1) is 0 Å². The van der Waals surface area contributed by atoms with Crippen LogP contribution in [-0.4, -0.2) is 21.0 Å². The number of nitrogens with zero attached hydrogens (tertiary/aromatic N) is 3. The standard InChI is InChI=1S/C13H10N4O/c14-13(17-18)10-6-5-9-4-3-8-2-1-7-15-11(8)12(9)16-10/h1-7,18H,(H2,14,17). The van der Waals surface area contributed by atoms with Crippen molar-refractivity contribution in [3.63, 3.8) is 0 Å². The Bertz CT molecular complexity index is 767. The number of aromatic nitrogens is 2. The number of hydrogen-bond acceptors (Lipinski definition) is 4. The second-order valence-electron chi connectivity index (χ2n) is 3.89. The number of amidine groups is 1. The largest absolute Gasteiger partial charge is 0.409 e. The van der Waals surface area contributed by atoms with E-state index in [4.69, 9.17) is 10.9 Å². The molecule has 0 aliphatic carbocycles. The van der Waals surface area contributed by atoms with Gasteiger partial charge in [0.1, 0.15) is 5.69 Å². The fourth-order valence-corrected chi connectivity index (χ4v) is 1.92. The molecular weight excluding hydrogens is 228 g/mol. The molecule has 0 unspecified atom stereocenters. The predicted molar refractivity (Wildman–Crippen MR) is 69.6 cm³/mol. The highest BCUT2D eigenvalue weighted by molar-refractivity contribution is 6.05. The minimum Gasteiger partial charge on any atom is -0.409 e. The second kappa shape index (κ2) is 3.96. The van der Waals surface area contributed by atoms with E-state index >= 15 is 0 Å². The van der Waals surface area contributed by atoms with Gasteiger partial charge in [-0.1, -0.05) is 29.4 Å². The molecule has 0 spiro atoms. The maximum atomic E-state index is 8.68. The summed E-state index contributed by atoms with van der Waals surface area (Å²) in [5.74, 6) is -0.00941. The van der Waals surface area contributed by atoms with Crippen molar-refractivity contribution >= 4 is 27.6 Å². The van der Waals surface area contributed by atoms with Crippen LogP contribution in [0.25, 0.3) is 21.8 Å². The zero-order valence-corrected chi connectivity index (χ0v) is 9.41. The normalized spacial score (nSPS) is 12.1. The van der Waals surface area contributed by atoms with Crippen LogP contribution in [0.15, 0.2) is 47.8 Å². The van der Waals surface area contributed by atoms with E-state index in [0.717, 1.165) is 21.8 Å². The zero-order chi connectivity index (χ0) is 12.5. The van der Waals surface area contributed by atoms with E-state index in [0.29, 0.717) is 5.69 Å². The van der Waals surface area contributed by atoms with Gasteiger partial charge >= 0.3 is 0 Å². The highest BCUT2D eigenvalue weighted by atomic mass is 16.4. The van der Waals surface area contributed by atoms with Crippen LogP contribution in [0.3, 0.4) is 0 Å². The van der Waals surface area contributed by atoms with Crippen LogP contribution >= 0.6 is 0 Å². The first kappa shape index (κ1) is 10.5. The van der Waals surface area contributed by atoms with Crippen molar-refractivity contribution in [1.29, 1.82) is 0 Å². The van der Waals surface area contributed by atoms with Gasteiger partial charge in [-0.15, -0.1) is 0 Å². The lowest BCUT2D eigenvalue weighted by Crippen LogP contribution is -2.14. The molecule has 0 radical (unpaired) electrons. The van der Waals surface area contributed by atoms with Crippen molar-refractivity contribution in [3.05, 3.63) is 48.3 Å². The molecule has 2 heterocycles. The highest BCUT2D eigenvalue weighted by Crippen LogP contribution is 2.21. The van der Waals surface area contributed by atoms with E-state index in [9.17, 15) is 0 Å². The van der Waals surface area contributed by atoms with E-state index < -0.39 is 0 Å². The van der Waals surface area contributed by atoms with Crippen LogP contribution in [0.4, 0.5) is 0 Å². The monoisotopic (exact) mass is 238 g/mol. The molecule has 18 heavy (non-hydrogen) atoms. The van der Waals surface area contributed by atoms with Crippen LogP contribution in [0.1, 0.15) is 5.69 Å². The maximum Gasteiger partial charge on any atom is 0.188 e. The van der Waals surface area contributed by atoms with Crippen molar-refractivity contribution in [1.82, 2.24) is 9.97 Å². The van der Waals surface area contributed by atoms with E-state index in [-0.39, 0.29) is 5.84 Å². The third-order valence-electron chi connectivity index (χ3n) is 2.80. The minimum atomic E-state index is -0.00941. The number of hydrogen-bond donors (Lipinski definition) is 2. The fraction of sp³-hybridized carbons (Fsp3) is 0. The molecule has 0 aliphatic heterocycles. The first-order valence-electron chi connectivity index (χ1n) is 5.42. The number of fused-ring (bicyclic) bond motifs is 3. The second-order valence-corrected chi connectivity index (χ2v) is 3.89. The minimum absolute atomic E-state index is 0.00941. The summed E-state index contributed by atoms with van der Waals surface area (Å²) >= 11 is 0. The summed E-state index contributed by atoms with van der Waals surface area (Å²) in [6.45, 7) is 0. The Kier molecular flexibility index (Phi) is 2.30. The molecular formula is C13H10N4O. The van der Waals surface area contributed by atoms with Crippen LogP contribution in [-0.2, 0) is 0 Å². The number of nitrogens with two attached hydrogens (primary N) is 1. The Labute approximate surface area is 103 Å². The zero-order valence-electron chi connectivity index (χ0n) is 9.41. The van der Waals surface area contributed by atoms with Crippen molar-refractivity contribution in [2.75, 3.05) is 0 Å². The Morgan fingerprint density at radius 1 is 1.06 bits per heavy atom. The van der Waals surface area contributed by atoms with Gasteiger partial charge in [0.05, 0.1) is 11.0 Å². The smallest absolute Gasteiger partial charge is 0.188 e. The van der Waals surface area contributed by atoms with Gasteiger partial charge < -0.3 is 10.9 Å². The van der Waals surface area contributed by atoms with Gasteiger partial charge in [0.25, 0.3) is 0 Å². The summed E-state index contributed by atoms with van der Waals surface area (Å²) in [4.78, 5) is 8.73. The first-order chi connectivity index (χ1) is 8.79. The Morgan fingerprint density at radius 2 is 1.78 bits per heavy atom. The summed E-state index contributed by atoms with van der Waals surface area (Å²) < 4.78 is 0. The van der Waals surface area contributed by atoms with Crippen molar-refractivity contribution < 1.29 is 5.21 Å². The average molecular weight is 238 g/mol. The SMILES string of the molecule is NC(=NO)c1ccc2ccc3cccnc3c2n1. The van der Waals surface area contributed by atoms with Gasteiger partial charge in [-0.3, -0.25) is 4.98 Å². The molecule has 0 bridgehead atoms. The summed E-state index contributed by atoms with van der Waals surface area (Å²) in [5, 5.41) is 13.6. The molecule has 5 heteroatoms. The van der Waals surface area contributed by atoms with Crippen LogP contribution in [0.5, 0.6) is 0 Å². The van der Waals surface area contributed by atoms with Gasteiger partial charge in [0, 0.05) is 17.0 Å². The lowest BCUT2D eigenvalue weighted by molar-refractivity contribution is 0.318. The number of benzene rings is 1. The highest BCUT2D eigenvalue weighted by Gasteiger charge is 2.06. The van der Waals surface area contributed by atoms with Crippen LogP contribution < -0.4 is 5.73 Å². The van der Waals surface area contributed by atoms with E-state index in [1.807, 2.05) is 30.3 Å². The lowest BCUT2D eigenvalue weighted by atomic mass is 10.1. The van der Waals surface area contributed by atoms with E-state index in [1.54, 1.807) is 12.3 Å². The molecule has 0 aliphatic rings. The van der Waals surface area contributed by atoms with Crippen LogP contribution in [0.2, 0.25) is 0 Å². The molecule has 3 N–H and O–H groups in total. The van der Waals surface area contributed by atoms with Gasteiger partial charge in [0.2, 0.25) is 0 Å². The third kappa shape index (κ3) is 1.53. The quantitative estimate of drug-likeness (QED) is 0.223. The predicted octanol–water partition coefficient (Wildman–Crippen LogP) is 1.88. The summed E-state index contributed by atoms with van der Waals surface area (Å²) in [5.41, 5.74) is 7.54. The summed E-state index contributed by atoms with van der Waals surface area (Å²) in [6.07, 6.45) is 1.72. The van der Waals surface area contributed by atoms with Gasteiger partial charge in [-0.25, -0.2) is 4.98 Å². The van der Waals surface area contributed by atoms with Gasteiger partial charge in [-0.2, -0.15) is 0 Å².